The zero-order valence-electron chi connectivity index (χ0n) is 16.0. The number of amides is 1. The van der Waals surface area contributed by atoms with Crippen molar-refractivity contribution in [2.75, 3.05) is 19.0 Å². The van der Waals surface area contributed by atoms with Gasteiger partial charge in [0.2, 0.25) is 11.7 Å². The number of nitrogens with one attached hydrogen (secondary N) is 1. The van der Waals surface area contributed by atoms with Crippen LogP contribution in [-0.2, 0) is 16.0 Å². The van der Waals surface area contributed by atoms with Crippen molar-refractivity contribution in [1.82, 2.24) is 0 Å². The van der Waals surface area contributed by atoms with Gasteiger partial charge in [0.05, 0.1) is 7.11 Å². The van der Waals surface area contributed by atoms with Crippen LogP contribution in [0.15, 0.2) is 40.8 Å². The summed E-state index contributed by atoms with van der Waals surface area (Å²) in [7, 11) is 1.56. The molecule has 0 bridgehead atoms. The second-order valence-corrected chi connectivity index (χ2v) is 6.84. The van der Waals surface area contributed by atoms with Crippen molar-refractivity contribution in [3.63, 3.8) is 0 Å². The third kappa shape index (κ3) is 3.59. The third-order valence-electron chi connectivity index (χ3n) is 4.99. The van der Waals surface area contributed by atoms with E-state index >= 15 is 0 Å². The molecule has 1 aliphatic heterocycles. The lowest BCUT2D eigenvalue weighted by molar-refractivity contribution is -0.116. The SMILES string of the molecule is COc1ccc2oc(C(=O)OCC(=O)c3ccc4c(c3)CCC(=O)N4)c(C)c2c1. The Hall–Kier alpha value is -3.61. The van der Waals surface area contributed by atoms with E-state index in [-0.39, 0.29) is 17.5 Å². The number of fused-ring (bicyclic) bond motifs is 2. The van der Waals surface area contributed by atoms with Crippen LogP contribution in [0.5, 0.6) is 5.75 Å². The van der Waals surface area contributed by atoms with Crippen molar-refractivity contribution < 1.29 is 28.3 Å². The minimum absolute atomic E-state index is 0.0377. The number of Topliss-reactive ketones (excluding diaryl/α,β-unsaturated/α-hetero) is 1. The summed E-state index contributed by atoms with van der Waals surface area (Å²) >= 11 is 0. The Labute approximate surface area is 166 Å². The van der Waals surface area contributed by atoms with E-state index in [2.05, 4.69) is 5.32 Å². The molecule has 148 valence electrons. The van der Waals surface area contributed by atoms with E-state index in [1.54, 1.807) is 50.4 Å². The minimum Gasteiger partial charge on any atom is -0.497 e. The fourth-order valence-corrected chi connectivity index (χ4v) is 3.36. The van der Waals surface area contributed by atoms with E-state index in [0.717, 1.165) is 10.9 Å². The maximum Gasteiger partial charge on any atom is 0.375 e. The van der Waals surface area contributed by atoms with Gasteiger partial charge in [-0.15, -0.1) is 0 Å². The summed E-state index contributed by atoms with van der Waals surface area (Å²) in [6, 6.07) is 10.3. The predicted molar refractivity (Wildman–Crippen MR) is 106 cm³/mol. The highest BCUT2D eigenvalue weighted by Gasteiger charge is 2.22. The predicted octanol–water partition coefficient (Wildman–Crippen LogP) is 3.67. The molecule has 4 rings (SSSR count). The quantitative estimate of drug-likeness (QED) is 0.525. The molecule has 0 saturated heterocycles. The Morgan fingerprint density at radius 1 is 1.14 bits per heavy atom. The average Bonchev–Trinajstić information content (AvgIpc) is 3.07. The van der Waals surface area contributed by atoms with Crippen LogP contribution in [-0.4, -0.2) is 31.4 Å². The first-order chi connectivity index (χ1) is 14.0. The fourth-order valence-electron chi connectivity index (χ4n) is 3.36. The normalized spacial score (nSPS) is 13.0. The maximum absolute atomic E-state index is 12.5. The first kappa shape index (κ1) is 18.7. The van der Waals surface area contributed by atoms with E-state index in [4.69, 9.17) is 13.9 Å². The van der Waals surface area contributed by atoms with Crippen LogP contribution in [0.25, 0.3) is 11.0 Å². The molecule has 29 heavy (non-hydrogen) atoms. The van der Waals surface area contributed by atoms with Crippen molar-refractivity contribution in [3.8, 4) is 5.75 Å². The first-order valence-electron chi connectivity index (χ1n) is 9.16. The standard InChI is InChI=1S/C22H19NO6/c1-12-16-10-15(27-2)5-7-19(16)29-21(12)22(26)28-11-18(24)14-3-6-17-13(9-14)4-8-20(25)23-17/h3,5-7,9-10H,4,8,11H2,1-2H3,(H,23,25). The van der Waals surface area contributed by atoms with Crippen LogP contribution in [0.2, 0.25) is 0 Å². The van der Waals surface area contributed by atoms with Crippen LogP contribution in [0.4, 0.5) is 5.69 Å². The maximum atomic E-state index is 12.5. The largest absolute Gasteiger partial charge is 0.497 e. The van der Waals surface area contributed by atoms with Gasteiger partial charge in [-0.2, -0.15) is 0 Å². The van der Waals surface area contributed by atoms with Crippen LogP contribution in [0, 0.1) is 6.92 Å². The van der Waals surface area contributed by atoms with Gasteiger partial charge in [-0.05, 0) is 55.3 Å². The lowest BCUT2D eigenvalue weighted by atomic mass is 9.99. The number of anilines is 1. The summed E-state index contributed by atoms with van der Waals surface area (Å²) in [6.07, 6.45) is 0.958. The number of aryl methyl sites for hydroxylation is 2. The van der Waals surface area contributed by atoms with Gasteiger partial charge in [0.25, 0.3) is 0 Å². The van der Waals surface area contributed by atoms with E-state index in [0.29, 0.717) is 41.0 Å². The molecule has 0 radical (unpaired) electrons. The highest BCUT2D eigenvalue weighted by molar-refractivity contribution is 6.02. The molecule has 2 aromatic carbocycles. The Balaban J connectivity index is 1.47. The zero-order valence-corrected chi connectivity index (χ0v) is 16.0. The van der Waals surface area contributed by atoms with Crippen LogP contribution in [0.3, 0.4) is 0 Å². The number of carbonyl (C=O) groups excluding carboxylic acids is 3. The van der Waals surface area contributed by atoms with Crippen LogP contribution in [0.1, 0.15) is 38.5 Å². The molecule has 7 nitrogen and oxygen atoms in total. The average molecular weight is 393 g/mol. The Morgan fingerprint density at radius 3 is 2.76 bits per heavy atom. The summed E-state index contributed by atoms with van der Waals surface area (Å²) in [6.45, 7) is 1.35. The Bertz CT molecular complexity index is 1140. The first-order valence-corrected chi connectivity index (χ1v) is 9.16. The van der Waals surface area contributed by atoms with Crippen LogP contribution < -0.4 is 10.1 Å². The second kappa shape index (κ2) is 7.43. The number of hydrogen-bond acceptors (Lipinski definition) is 6. The number of hydrogen-bond donors (Lipinski definition) is 1. The van der Waals surface area contributed by atoms with E-state index in [9.17, 15) is 14.4 Å². The van der Waals surface area contributed by atoms with Crippen molar-refractivity contribution in [2.45, 2.75) is 19.8 Å². The van der Waals surface area contributed by atoms with Crippen molar-refractivity contribution in [2.24, 2.45) is 0 Å². The van der Waals surface area contributed by atoms with Crippen molar-refractivity contribution in [1.29, 1.82) is 0 Å². The Morgan fingerprint density at radius 2 is 1.97 bits per heavy atom. The highest BCUT2D eigenvalue weighted by atomic mass is 16.5. The molecule has 1 aliphatic rings. The van der Waals surface area contributed by atoms with Crippen molar-refractivity contribution >= 4 is 34.3 Å². The summed E-state index contributed by atoms with van der Waals surface area (Å²) < 4.78 is 16.0. The number of furan rings is 1. The monoisotopic (exact) mass is 393 g/mol. The number of esters is 1. The zero-order chi connectivity index (χ0) is 20.5. The molecule has 0 saturated carbocycles. The van der Waals surface area contributed by atoms with Gasteiger partial charge in [-0.25, -0.2) is 4.79 Å². The Kier molecular flexibility index (Phi) is 4.80. The summed E-state index contributed by atoms with van der Waals surface area (Å²) in [5, 5.41) is 3.52. The molecule has 0 atom stereocenters. The number of carbonyl (C=O) groups is 3. The van der Waals surface area contributed by atoms with Gasteiger partial charge in [-0.1, -0.05) is 0 Å². The molecule has 0 aliphatic carbocycles. The van der Waals surface area contributed by atoms with E-state index in [1.165, 1.54) is 0 Å². The lowest BCUT2D eigenvalue weighted by Gasteiger charge is -2.17. The van der Waals surface area contributed by atoms with Gasteiger partial charge >= 0.3 is 5.97 Å². The number of benzene rings is 2. The van der Waals surface area contributed by atoms with Gasteiger partial charge in [0, 0.05) is 28.6 Å². The minimum atomic E-state index is -0.698. The molecule has 0 spiro atoms. The summed E-state index contributed by atoms with van der Waals surface area (Å²) in [5.74, 6) is -0.344. The van der Waals surface area contributed by atoms with Gasteiger partial charge in [0.15, 0.2) is 12.4 Å². The second-order valence-electron chi connectivity index (χ2n) is 6.84. The van der Waals surface area contributed by atoms with E-state index < -0.39 is 12.6 Å². The molecule has 0 fully saturated rings. The van der Waals surface area contributed by atoms with Gasteiger partial charge in [-0.3, -0.25) is 9.59 Å². The topological polar surface area (TPSA) is 94.8 Å². The molecule has 0 unspecified atom stereocenters. The molecular formula is C22H19NO6. The third-order valence-corrected chi connectivity index (χ3v) is 4.99. The molecule has 1 aromatic heterocycles. The number of rotatable bonds is 5. The number of ketones is 1. The number of ether oxygens (including phenoxy) is 2. The van der Waals surface area contributed by atoms with Gasteiger partial charge < -0.3 is 19.2 Å². The number of methoxy groups -OCH3 is 1. The lowest BCUT2D eigenvalue weighted by Crippen LogP contribution is -2.20. The molecular weight excluding hydrogens is 374 g/mol. The molecule has 3 aromatic rings. The molecule has 1 N–H and O–H groups in total. The summed E-state index contributed by atoms with van der Waals surface area (Å²) in [5.41, 5.74) is 3.20. The van der Waals surface area contributed by atoms with E-state index in [1.807, 2.05) is 0 Å². The smallest absolute Gasteiger partial charge is 0.375 e. The fraction of sp³-hybridized carbons (Fsp3) is 0.227. The highest BCUT2D eigenvalue weighted by Crippen LogP contribution is 2.29. The molecule has 2 heterocycles. The molecule has 1 amide bonds. The van der Waals surface area contributed by atoms with Crippen molar-refractivity contribution in [3.05, 3.63) is 58.8 Å². The summed E-state index contributed by atoms with van der Waals surface area (Å²) in [4.78, 5) is 36.3. The molecule has 7 heteroatoms. The van der Waals surface area contributed by atoms with Gasteiger partial charge in [0.1, 0.15) is 11.3 Å². The van der Waals surface area contributed by atoms with Crippen LogP contribution >= 0.6 is 0 Å².